The molecule has 0 aliphatic carbocycles. The second-order valence-electron chi connectivity index (χ2n) is 21.8. The van der Waals surface area contributed by atoms with E-state index in [0.29, 0.717) is 10.0 Å². The van der Waals surface area contributed by atoms with Crippen molar-refractivity contribution in [3.05, 3.63) is 347 Å². The van der Waals surface area contributed by atoms with Crippen LogP contribution in [-0.2, 0) is 0 Å². The van der Waals surface area contributed by atoms with Gasteiger partial charge in [-0.3, -0.25) is 0 Å². The van der Waals surface area contributed by atoms with Crippen LogP contribution >= 0.6 is 55.1 Å². The Morgan fingerprint density at radius 1 is 0.148 bits per heavy atom. The quantitative estimate of drug-likeness (QED) is 0.108. The van der Waals surface area contributed by atoms with Crippen molar-refractivity contribution in [3.63, 3.8) is 0 Å². The molecule has 0 heterocycles. The van der Waals surface area contributed by atoms with E-state index in [0.717, 1.165) is 154 Å². The summed E-state index contributed by atoms with van der Waals surface area (Å²) in [6.07, 6.45) is 0. The average molecular weight is 1290 g/mol. The summed E-state index contributed by atoms with van der Waals surface area (Å²) in [5.41, 5.74) is 28.5. The second kappa shape index (κ2) is 25.1. The van der Waals surface area contributed by atoms with Gasteiger partial charge in [-0.1, -0.05) is 334 Å². The zero-order valence-corrected chi connectivity index (χ0v) is 52.4. The summed E-state index contributed by atoms with van der Waals surface area (Å²) >= 11 is 21.4. The van der Waals surface area contributed by atoms with E-state index in [1.165, 1.54) is 0 Å². The minimum absolute atomic E-state index is 0.672. The highest BCUT2D eigenvalue weighted by atomic mass is 79.9. The summed E-state index contributed by atoms with van der Waals surface area (Å²) in [5, 5.41) is 1.34. The van der Waals surface area contributed by atoms with Crippen LogP contribution in [0.5, 0.6) is 0 Å². The molecule has 0 bridgehead atoms. The van der Waals surface area contributed by atoms with Gasteiger partial charge in [-0.15, -0.1) is 0 Å². The fraction of sp³-hybridized carbons (Fsp3) is 0. The highest BCUT2D eigenvalue weighted by molar-refractivity contribution is 9.10. The lowest BCUT2D eigenvalue weighted by Gasteiger charge is -2.31. The van der Waals surface area contributed by atoms with E-state index in [1.54, 1.807) is 0 Å². The number of hydrogen-bond acceptors (Lipinski definition) is 0. The molecular formula is C84H54Br2Cl2. The van der Waals surface area contributed by atoms with E-state index >= 15 is 0 Å². The van der Waals surface area contributed by atoms with Crippen LogP contribution in [0.4, 0.5) is 0 Å². The summed E-state index contributed by atoms with van der Waals surface area (Å²) in [7, 11) is 0. The van der Waals surface area contributed by atoms with Crippen LogP contribution in [-0.4, -0.2) is 0 Å². The predicted molar refractivity (Wildman–Crippen MR) is 383 cm³/mol. The Hall–Kier alpha value is -9.38. The van der Waals surface area contributed by atoms with Crippen molar-refractivity contribution < 1.29 is 0 Å². The number of hydrogen-bond donors (Lipinski definition) is 0. The fourth-order valence-corrected chi connectivity index (χ4v) is 13.7. The Morgan fingerprint density at radius 2 is 0.307 bits per heavy atom. The predicted octanol–water partition coefficient (Wildman–Crippen LogP) is 26.2. The van der Waals surface area contributed by atoms with Crippen LogP contribution in [0.2, 0.25) is 10.0 Å². The topological polar surface area (TPSA) is 0 Å². The van der Waals surface area contributed by atoms with Crippen LogP contribution in [0, 0.1) is 0 Å². The lowest BCUT2D eigenvalue weighted by Crippen LogP contribution is -2.04. The van der Waals surface area contributed by atoms with Gasteiger partial charge in [0.25, 0.3) is 0 Å². The molecule has 14 aromatic rings. The maximum absolute atomic E-state index is 6.87. The smallest absolute Gasteiger partial charge is 0.0406 e. The third-order valence-corrected chi connectivity index (χ3v) is 18.2. The van der Waals surface area contributed by atoms with Crippen LogP contribution < -0.4 is 0 Å². The molecule has 0 N–H and O–H groups in total. The molecule has 0 saturated carbocycles. The van der Waals surface area contributed by atoms with Crippen LogP contribution in [0.15, 0.2) is 337 Å². The molecule has 418 valence electrons. The molecule has 14 rings (SSSR count). The summed E-state index contributed by atoms with van der Waals surface area (Å²) in [4.78, 5) is 0. The van der Waals surface area contributed by atoms with E-state index in [9.17, 15) is 0 Å². The zero-order chi connectivity index (χ0) is 59.5. The summed E-state index contributed by atoms with van der Waals surface area (Å²) < 4.78 is 2.01. The van der Waals surface area contributed by atoms with Gasteiger partial charge in [0.2, 0.25) is 0 Å². The molecule has 0 aromatic heterocycles. The van der Waals surface area contributed by atoms with Gasteiger partial charge in [0, 0.05) is 19.0 Å². The summed E-state index contributed by atoms with van der Waals surface area (Å²) in [5.74, 6) is 0. The molecule has 0 unspecified atom stereocenters. The molecule has 0 spiro atoms. The van der Waals surface area contributed by atoms with Gasteiger partial charge in [-0.25, -0.2) is 0 Å². The van der Waals surface area contributed by atoms with Gasteiger partial charge in [-0.05, 0) is 193 Å². The van der Waals surface area contributed by atoms with Crippen molar-refractivity contribution in [1.29, 1.82) is 0 Å². The summed E-state index contributed by atoms with van der Waals surface area (Å²) in [6.45, 7) is 0. The molecule has 0 nitrogen and oxygen atoms in total. The zero-order valence-electron chi connectivity index (χ0n) is 47.7. The maximum Gasteiger partial charge on any atom is 0.0406 e. The van der Waals surface area contributed by atoms with Gasteiger partial charge < -0.3 is 0 Å². The molecule has 4 heteroatoms. The van der Waals surface area contributed by atoms with Crippen LogP contribution in [0.3, 0.4) is 0 Å². The first kappa shape index (κ1) is 56.4. The third-order valence-electron chi connectivity index (χ3n) is 16.6. The van der Waals surface area contributed by atoms with Gasteiger partial charge >= 0.3 is 0 Å². The maximum atomic E-state index is 6.87. The van der Waals surface area contributed by atoms with Gasteiger partial charge in [0.15, 0.2) is 0 Å². The molecule has 88 heavy (non-hydrogen) atoms. The Morgan fingerprint density at radius 3 is 0.523 bits per heavy atom. The molecule has 0 amide bonds. The van der Waals surface area contributed by atoms with E-state index in [1.807, 2.05) is 24.3 Å². The first-order valence-corrected chi connectivity index (χ1v) is 31.8. The van der Waals surface area contributed by atoms with Gasteiger partial charge in [-0.2, -0.15) is 0 Å². The van der Waals surface area contributed by atoms with Gasteiger partial charge in [0.1, 0.15) is 0 Å². The highest BCUT2D eigenvalue weighted by Gasteiger charge is 2.33. The first-order valence-electron chi connectivity index (χ1n) is 29.4. The minimum atomic E-state index is 0.672. The molecule has 0 aliphatic heterocycles. The van der Waals surface area contributed by atoms with Crippen molar-refractivity contribution in [3.8, 4) is 145 Å². The molecular weight excluding hydrogens is 1240 g/mol. The Balaban J connectivity index is 1.21. The van der Waals surface area contributed by atoms with E-state index in [-0.39, 0.29) is 0 Å². The molecule has 0 fully saturated rings. The Kier molecular flexibility index (Phi) is 16.1. The third kappa shape index (κ3) is 10.9. The second-order valence-corrected chi connectivity index (χ2v) is 24.5. The summed E-state index contributed by atoms with van der Waals surface area (Å²) in [6, 6.07) is 118. The van der Waals surface area contributed by atoms with Crippen molar-refractivity contribution in [2.45, 2.75) is 0 Å². The largest absolute Gasteiger partial charge is 0.0843 e. The van der Waals surface area contributed by atoms with E-state index in [2.05, 4.69) is 335 Å². The minimum Gasteiger partial charge on any atom is -0.0843 e. The molecule has 0 aliphatic rings. The van der Waals surface area contributed by atoms with Crippen LogP contribution in [0.1, 0.15) is 0 Å². The normalized spacial score (nSPS) is 11.2. The number of benzene rings is 14. The van der Waals surface area contributed by atoms with Crippen LogP contribution in [0.25, 0.3) is 145 Å². The highest BCUT2D eigenvalue weighted by Crippen LogP contribution is 2.60. The van der Waals surface area contributed by atoms with Crippen molar-refractivity contribution in [1.82, 2.24) is 0 Å². The van der Waals surface area contributed by atoms with E-state index < -0.39 is 0 Å². The lowest BCUT2D eigenvalue weighted by atomic mass is 9.72. The molecule has 14 aromatic carbocycles. The average Bonchev–Trinajstić information content (AvgIpc) is 1.52. The number of halogens is 4. The fourth-order valence-electron chi connectivity index (χ4n) is 12.9. The van der Waals surface area contributed by atoms with Crippen molar-refractivity contribution in [2.75, 3.05) is 0 Å². The van der Waals surface area contributed by atoms with E-state index in [4.69, 9.17) is 23.2 Å². The molecule has 0 atom stereocenters. The molecule has 0 radical (unpaired) electrons. The number of rotatable bonds is 13. The van der Waals surface area contributed by atoms with Crippen molar-refractivity contribution >= 4 is 55.1 Å². The first-order chi connectivity index (χ1) is 43.4. The monoisotopic (exact) mass is 1290 g/mol. The SMILES string of the molecule is Clc1ccc(-c2c(-c3ccc(Br)cc3)c(-c3ccccc3)c(-c3ccccc3)c(-c3ccccc3-c3ccccc3-c3c(-c4ccccc4)c(-c4ccccc4)c(-c4ccc(Br)cc4)c(-c4ccc(Cl)cc4)c3-c3ccccc3)c2-c2ccccc2)cc1. The lowest BCUT2D eigenvalue weighted by molar-refractivity contribution is 1.50. The van der Waals surface area contributed by atoms with Gasteiger partial charge in [0.05, 0.1) is 0 Å². The standard InChI is InChI=1S/C84H54Br2Cl2/c85-65-47-39-61(40-48-65)75-73(55-23-7-1-8-24-55)79(57-27-11-3-12-28-57)83(81(59-31-15-5-16-32-59)77(75)63-43-51-67(87)52-44-63)71-37-21-19-35-69(71)70-36-20-22-38-72(70)84-80(58-29-13-4-14-30-58)74(56-25-9-2-10-26-56)76(62-41-49-66(86)50-42-62)78(64-45-53-68(88)54-46-64)82(84)60-33-17-6-18-34-60/h1-54H. The Labute approximate surface area is 542 Å². The Bertz CT molecular complexity index is 4470. The van der Waals surface area contributed by atoms with Crippen molar-refractivity contribution in [2.24, 2.45) is 0 Å². The molecule has 0 saturated heterocycles.